The summed E-state index contributed by atoms with van der Waals surface area (Å²) in [6.45, 7) is 12.9. The smallest absolute Gasteiger partial charge is 0.212 e. The number of hydrogen-bond donors (Lipinski definition) is 0. The lowest BCUT2D eigenvalue weighted by molar-refractivity contribution is 0.271. The van der Waals surface area contributed by atoms with Gasteiger partial charge in [-0.15, -0.1) is 0 Å². The summed E-state index contributed by atoms with van der Waals surface area (Å²) in [6, 6.07) is 0. The van der Waals surface area contributed by atoms with Crippen LogP contribution < -0.4 is 0 Å². The number of hydrogen-bond acceptors (Lipinski definition) is 4. The zero-order valence-electron chi connectivity index (χ0n) is 13.9. The van der Waals surface area contributed by atoms with Crippen LogP contribution in [-0.2, 0) is 19.9 Å². The first-order chi connectivity index (χ1) is 8.47. The van der Waals surface area contributed by atoms with E-state index in [9.17, 15) is 16.8 Å². The minimum atomic E-state index is -3.57. The summed E-state index contributed by atoms with van der Waals surface area (Å²) >= 11 is 0. The van der Waals surface area contributed by atoms with Crippen molar-refractivity contribution in [3.8, 4) is 0 Å². The lowest BCUT2D eigenvalue weighted by Crippen LogP contribution is -2.48. The lowest BCUT2D eigenvalue weighted by atomic mass is 9.83. The molecule has 0 spiro atoms. The molecule has 0 N–H and O–H groups in total. The monoisotopic (exact) mass is 343 g/mol. The van der Waals surface area contributed by atoms with Crippen LogP contribution in [0.1, 0.15) is 55.9 Å². The third-order valence-electron chi connectivity index (χ3n) is 3.44. The molecule has 130 valence electrons. The molecule has 1 unspecified atom stereocenters. The molecule has 0 radical (unpaired) electrons. The average Bonchev–Trinajstić information content (AvgIpc) is 2.08. The van der Waals surface area contributed by atoms with Gasteiger partial charge in [-0.05, 0) is 32.1 Å². The molecule has 7 heteroatoms. The first-order valence-corrected chi connectivity index (χ1v) is 10.3. The van der Waals surface area contributed by atoms with Crippen LogP contribution >= 0.6 is 0 Å². The summed E-state index contributed by atoms with van der Waals surface area (Å²) in [4.78, 5) is 0. The fourth-order valence-corrected chi connectivity index (χ4v) is 6.00. The minimum Gasteiger partial charge on any atom is -0.227 e. The van der Waals surface area contributed by atoms with Crippen molar-refractivity contribution in [1.29, 1.82) is 0 Å². The second-order valence-electron chi connectivity index (χ2n) is 7.59. The van der Waals surface area contributed by atoms with Gasteiger partial charge < -0.3 is 0 Å². The van der Waals surface area contributed by atoms with Crippen molar-refractivity contribution in [3.05, 3.63) is 0 Å². The molecule has 1 atom stereocenters. The van der Waals surface area contributed by atoms with Crippen LogP contribution in [0.15, 0.2) is 0 Å². The van der Waals surface area contributed by atoms with Crippen LogP contribution in [0.3, 0.4) is 0 Å². The highest BCUT2D eigenvalue weighted by molar-refractivity contribution is 7.93. The minimum absolute atomic E-state index is 0. The number of sulfonamides is 1. The van der Waals surface area contributed by atoms with E-state index in [1.165, 1.54) is 0 Å². The molecule has 0 bridgehead atoms. The Labute approximate surface area is 132 Å². The van der Waals surface area contributed by atoms with Gasteiger partial charge in [-0.25, -0.2) is 16.8 Å². The molecule has 0 fully saturated rings. The van der Waals surface area contributed by atoms with Gasteiger partial charge in [-0.1, -0.05) is 35.1 Å². The van der Waals surface area contributed by atoms with Crippen molar-refractivity contribution in [2.75, 3.05) is 17.9 Å². The second-order valence-corrected chi connectivity index (χ2v) is 11.6. The van der Waals surface area contributed by atoms with Gasteiger partial charge in [0.2, 0.25) is 10.0 Å². The van der Waals surface area contributed by atoms with Crippen LogP contribution in [-0.4, -0.2) is 44.6 Å². The van der Waals surface area contributed by atoms with Crippen LogP contribution in [0.2, 0.25) is 0 Å². The number of sulfone groups is 1. The quantitative estimate of drug-likeness (QED) is 0.769. The lowest BCUT2D eigenvalue weighted by Gasteiger charge is -2.34. The molecule has 0 saturated heterocycles. The van der Waals surface area contributed by atoms with Gasteiger partial charge in [0, 0.05) is 5.54 Å². The predicted octanol–water partition coefficient (Wildman–Crippen LogP) is 2.74. The summed E-state index contributed by atoms with van der Waals surface area (Å²) in [5.74, 6) is -0.525. The van der Waals surface area contributed by atoms with Crippen molar-refractivity contribution < 1.29 is 16.8 Å². The van der Waals surface area contributed by atoms with Crippen LogP contribution in [0.5, 0.6) is 0 Å². The summed E-state index contributed by atoms with van der Waals surface area (Å²) in [7, 11) is -7.06. The van der Waals surface area contributed by atoms with E-state index in [-0.39, 0.29) is 24.5 Å². The van der Waals surface area contributed by atoms with Gasteiger partial charge in [0.15, 0.2) is 9.84 Å². The number of nitrogens with zero attached hydrogens (tertiary/aromatic N) is 1. The SMILES string of the molecule is C.CC(CS(=O)(=O)CN(C(C)(C)C)S(C)(=O)=O)C(C)(C)C. The summed E-state index contributed by atoms with van der Waals surface area (Å²) in [5, 5.41) is 0. The molecule has 0 aromatic heterocycles. The van der Waals surface area contributed by atoms with E-state index in [0.717, 1.165) is 10.6 Å². The number of rotatable bonds is 5. The largest absolute Gasteiger partial charge is 0.227 e. The second kappa shape index (κ2) is 6.96. The Hall–Kier alpha value is -0.140. The van der Waals surface area contributed by atoms with Gasteiger partial charge >= 0.3 is 0 Å². The normalized spacial score (nSPS) is 15.7. The van der Waals surface area contributed by atoms with Gasteiger partial charge in [-0.2, -0.15) is 4.31 Å². The molecule has 0 aliphatic carbocycles. The molecule has 21 heavy (non-hydrogen) atoms. The Morgan fingerprint density at radius 3 is 1.57 bits per heavy atom. The van der Waals surface area contributed by atoms with Crippen LogP contribution in [0.25, 0.3) is 0 Å². The van der Waals surface area contributed by atoms with E-state index < -0.39 is 31.3 Å². The molecular weight excluding hydrogens is 310 g/mol. The van der Waals surface area contributed by atoms with E-state index in [0.29, 0.717) is 0 Å². The van der Waals surface area contributed by atoms with Gasteiger partial charge in [-0.3, -0.25) is 0 Å². The van der Waals surface area contributed by atoms with Crippen molar-refractivity contribution in [2.24, 2.45) is 11.3 Å². The highest BCUT2D eigenvalue weighted by Gasteiger charge is 2.35. The van der Waals surface area contributed by atoms with Gasteiger partial charge in [0.1, 0.15) is 5.88 Å². The topological polar surface area (TPSA) is 71.5 Å². The molecule has 0 saturated carbocycles. The molecule has 5 nitrogen and oxygen atoms in total. The van der Waals surface area contributed by atoms with E-state index in [1.54, 1.807) is 20.8 Å². The summed E-state index contributed by atoms with van der Waals surface area (Å²) in [6.07, 6.45) is 1.04. The van der Waals surface area contributed by atoms with Crippen LogP contribution in [0.4, 0.5) is 0 Å². The third-order valence-corrected chi connectivity index (χ3v) is 6.75. The first-order valence-electron chi connectivity index (χ1n) is 6.65. The van der Waals surface area contributed by atoms with Crippen molar-refractivity contribution in [1.82, 2.24) is 4.31 Å². The predicted molar refractivity (Wildman–Crippen MR) is 90.4 cm³/mol. The summed E-state index contributed by atoms with van der Waals surface area (Å²) in [5.41, 5.74) is -0.893. The Bertz CT molecular complexity index is 522. The Morgan fingerprint density at radius 2 is 1.33 bits per heavy atom. The highest BCUT2D eigenvalue weighted by Crippen LogP contribution is 2.27. The van der Waals surface area contributed by atoms with E-state index in [4.69, 9.17) is 0 Å². The first kappa shape index (κ1) is 23.1. The maximum absolute atomic E-state index is 12.3. The fraction of sp³-hybridized carbons (Fsp3) is 1.00. The maximum Gasteiger partial charge on any atom is 0.212 e. The Morgan fingerprint density at radius 1 is 0.952 bits per heavy atom. The van der Waals surface area contributed by atoms with E-state index in [1.807, 2.05) is 27.7 Å². The maximum atomic E-state index is 12.3. The highest BCUT2D eigenvalue weighted by atomic mass is 32.2. The molecular formula is C14H33NO4S2. The fourth-order valence-electron chi connectivity index (χ4n) is 1.65. The third kappa shape index (κ3) is 8.16. The van der Waals surface area contributed by atoms with Crippen molar-refractivity contribution in [3.63, 3.8) is 0 Å². The standard InChI is InChI=1S/C13H29NO4S2.CH4/c1-11(12(2,3)4)9-20(17,18)10-14(13(5,6)7)19(8,15)16;/h11H,9-10H2,1-8H3;1H4. The molecule has 0 aliphatic heterocycles. The zero-order valence-corrected chi connectivity index (χ0v) is 15.5. The van der Waals surface area contributed by atoms with Gasteiger partial charge in [0.25, 0.3) is 0 Å². The summed E-state index contributed by atoms with van der Waals surface area (Å²) < 4.78 is 49.2. The average molecular weight is 344 g/mol. The molecule has 0 heterocycles. The Balaban J connectivity index is 0. The molecule has 0 aliphatic rings. The molecule has 0 aromatic carbocycles. The van der Waals surface area contributed by atoms with Gasteiger partial charge in [0.05, 0.1) is 12.0 Å². The molecule has 0 amide bonds. The molecule has 0 aromatic rings. The van der Waals surface area contributed by atoms with E-state index in [2.05, 4.69) is 0 Å². The molecule has 0 rings (SSSR count). The van der Waals surface area contributed by atoms with Crippen molar-refractivity contribution in [2.45, 2.75) is 61.4 Å². The zero-order chi connectivity index (χ0) is 16.6. The Kier molecular flexibility index (Phi) is 7.67. The van der Waals surface area contributed by atoms with E-state index >= 15 is 0 Å². The van der Waals surface area contributed by atoms with Crippen LogP contribution in [0, 0.1) is 11.3 Å². The van der Waals surface area contributed by atoms with Crippen molar-refractivity contribution >= 4 is 19.9 Å².